The third-order valence-corrected chi connectivity index (χ3v) is 5.33. The second-order valence-electron chi connectivity index (χ2n) is 7.58. The molecular formula is C23H25F2N3O5. The number of rotatable bonds is 9. The Kier molecular flexibility index (Phi) is 7.81. The van der Waals surface area contributed by atoms with Crippen LogP contribution in [0, 0.1) is 17.6 Å². The van der Waals surface area contributed by atoms with Crippen LogP contribution in [0.1, 0.15) is 12.0 Å². The van der Waals surface area contributed by atoms with Crippen molar-refractivity contribution in [2.24, 2.45) is 5.92 Å². The molecule has 176 valence electrons. The minimum atomic E-state index is -1.09. The summed E-state index contributed by atoms with van der Waals surface area (Å²) in [5.74, 6) is -2.62. The third kappa shape index (κ3) is 6.18. The van der Waals surface area contributed by atoms with Crippen LogP contribution in [0.5, 0.6) is 11.5 Å². The number of nitrogens with zero attached hydrogens (tertiary/aromatic N) is 1. The summed E-state index contributed by atoms with van der Waals surface area (Å²) in [5.41, 5.74) is 1.03. The number of ether oxygens (including phenoxy) is 2. The van der Waals surface area contributed by atoms with Crippen LogP contribution in [0.2, 0.25) is 0 Å². The molecule has 1 aliphatic rings. The number of anilines is 1. The summed E-state index contributed by atoms with van der Waals surface area (Å²) in [6, 6.07) is 8.48. The molecule has 0 saturated carbocycles. The summed E-state index contributed by atoms with van der Waals surface area (Å²) in [4.78, 5) is 38.3. The molecule has 0 aromatic heterocycles. The van der Waals surface area contributed by atoms with Crippen LogP contribution in [0.15, 0.2) is 36.4 Å². The lowest BCUT2D eigenvalue weighted by Gasteiger charge is -2.17. The Morgan fingerprint density at radius 1 is 1.06 bits per heavy atom. The van der Waals surface area contributed by atoms with Crippen molar-refractivity contribution in [2.75, 3.05) is 39.2 Å². The van der Waals surface area contributed by atoms with Gasteiger partial charge < -0.3 is 25.0 Å². The normalized spacial score (nSPS) is 15.3. The average Bonchev–Trinajstić information content (AvgIpc) is 3.18. The number of carbonyl (C=O) groups is 3. The van der Waals surface area contributed by atoms with Crippen molar-refractivity contribution >= 4 is 23.4 Å². The van der Waals surface area contributed by atoms with E-state index in [2.05, 4.69) is 10.6 Å². The highest BCUT2D eigenvalue weighted by Gasteiger charge is 2.34. The summed E-state index contributed by atoms with van der Waals surface area (Å²) >= 11 is 0. The molecular weight excluding hydrogens is 436 g/mol. The molecule has 1 heterocycles. The Balaban J connectivity index is 1.46. The molecule has 2 aromatic rings. The second-order valence-corrected chi connectivity index (χ2v) is 7.58. The molecule has 0 spiro atoms. The van der Waals surface area contributed by atoms with E-state index in [0.717, 1.165) is 17.7 Å². The highest BCUT2D eigenvalue weighted by molar-refractivity contribution is 5.96. The molecule has 1 aliphatic heterocycles. The van der Waals surface area contributed by atoms with Crippen LogP contribution >= 0.6 is 0 Å². The summed E-state index contributed by atoms with van der Waals surface area (Å²) in [5, 5.41) is 4.86. The van der Waals surface area contributed by atoms with Gasteiger partial charge in [0.1, 0.15) is 0 Å². The largest absolute Gasteiger partial charge is 0.493 e. The smallest absolute Gasteiger partial charge is 0.243 e. The zero-order chi connectivity index (χ0) is 24.0. The lowest BCUT2D eigenvalue weighted by molar-refractivity contribution is -0.129. The fourth-order valence-corrected chi connectivity index (χ4v) is 3.55. The summed E-state index contributed by atoms with van der Waals surface area (Å²) in [6.07, 6.45) is 0.639. The number of benzene rings is 2. The van der Waals surface area contributed by atoms with Gasteiger partial charge in [0.2, 0.25) is 17.7 Å². The van der Waals surface area contributed by atoms with E-state index in [1.54, 1.807) is 25.2 Å². The predicted molar refractivity (Wildman–Crippen MR) is 116 cm³/mol. The predicted octanol–water partition coefficient (Wildman–Crippen LogP) is 2.13. The Morgan fingerprint density at radius 3 is 2.52 bits per heavy atom. The minimum absolute atomic E-state index is 0.0581. The molecule has 2 aromatic carbocycles. The lowest BCUT2D eigenvalue weighted by atomic mass is 10.1. The number of nitrogens with one attached hydrogen (secondary N) is 2. The molecule has 10 heteroatoms. The molecule has 8 nitrogen and oxygen atoms in total. The second kappa shape index (κ2) is 10.8. The minimum Gasteiger partial charge on any atom is -0.493 e. The van der Waals surface area contributed by atoms with Gasteiger partial charge in [-0.15, -0.1) is 0 Å². The zero-order valence-electron chi connectivity index (χ0n) is 18.3. The van der Waals surface area contributed by atoms with E-state index in [1.165, 1.54) is 6.07 Å². The molecule has 0 bridgehead atoms. The fourth-order valence-electron chi connectivity index (χ4n) is 3.55. The van der Waals surface area contributed by atoms with Crippen LogP contribution in [-0.2, 0) is 20.8 Å². The van der Waals surface area contributed by atoms with E-state index < -0.39 is 29.4 Å². The van der Waals surface area contributed by atoms with Crippen molar-refractivity contribution in [3.63, 3.8) is 0 Å². The van der Waals surface area contributed by atoms with Gasteiger partial charge >= 0.3 is 0 Å². The first-order valence-corrected chi connectivity index (χ1v) is 10.3. The van der Waals surface area contributed by atoms with Gasteiger partial charge in [0, 0.05) is 31.3 Å². The number of hydrogen-bond acceptors (Lipinski definition) is 5. The van der Waals surface area contributed by atoms with E-state index in [-0.39, 0.29) is 31.1 Å². The van der Waals surface area contributed by atoms with E-state index >= 15 is 0 Å². The molecule has 33 heavy (non-hydrogen) atoms. The Morgan fingerprint density at radius 2 is 1.82 bits per heavy atom. The number of carbonyl (C=O) groups excluding carboxylic acids is 3. The molecule has 0 unspecified atom stereocenters. The molecule has 0 aliphatic carbocycles. The van der Waals surface area contributed by atoms with Crippen LogP contribution in [-0.4, -0.2) is 56.5 Å². The number of likely N-dealkylation sites (tertiary alicyclic amines) is 1. The lowest BCUT2D eigenvalue weighted by Crippen LogP contribution is -2.38. The van der Waals surface area contributed by atoms with Gasteiger partial charge in [-0.1, -0.05) is 6.07 Å². The fraction of sp³-hybridized carbons (Fsp3) is 0.348. The van der Waals surface area contributed by atoms with Crippen molar-refractivity contribution < 1.29 is 32.6 Å². The summed E-state index contributed by atoms with van der Waals surface area (Å²) in [7, 11) is 3.10. The standard InChI is InChI=1S/C23H25F2N3O5/c1-32-19-6-3-14(9-20(19)33-2)7-8-28-13-15(10-22(28)30)23(31)26-12-21(29)27-16-4-5-17(24)18(25)11-16/h3-6,9,11,15H,7-8,10,12-13H2,1-2H3,(H,26,31)(H,27,29)/t15-/m0/s1. The molecule has 1 atom stereocenters. The highest BCUT2D eigenvalue weighted by Crippen LogP contribution is 2.28. The van der Waals surface area contributed by atoms with Crippen LogP contribution in [0.4, 0.5) is 14.5 Å². The summed E-state index contributed by atoms with van der Waals surface area (Å²) < 4.78 is 36.7. The number of hydrogen-bond donors (Lipinski definition) is 2. The summed E-state index contributed by atoms with van der Waals surface area (Å²) in [6.45, 7) is 0.339. The van der Waals surface area contributed by atoms with E-state index in [4.69, 9.17) is 9.47 Å². The third-order valence-electron chi connectivity index (χ3n) is 5.33. The van der Waals surface area contributed by atoms with Gasteiger partial charge in [-0.3, -0.25) is 14.4 Å². The van der Waals surface area contributed by atoms with Crippen molar-refractivity contribution in [3.05, 3.63) is 53.6 Å². The SMILES string of the molecule is COc1ccc(CCN2C[C@@H](C(=O)NCC(=O)Nc3ccc(F)c(F)c3)CC2=O)cc1OC. The zero-order valence-corrected chi connectivity index (χ0v) is 18.3. The first-order chi connectivity index (χ1) is 15.8. The van der Waals surface area contributed by atoms with Crippen LogP contribution in [0.25, 0.3) is 0 Å². The van der Waals surface area contributed by atoms with Gasteiger partial charge in [0.15, 0.2) is 23.1 Å². The molecule has 3 rings (SSSR count). The van der Waals surface area contributed by atoms with Crippen LogP contribution in [0.3, 0.4) is 0 Å². The monoisotopic (exact) mass is 461 g/mol. The van der Waals surface area contributed by atoms with Crippen LogP contribution < -0.4 is 20.1 Å². The van der Waals surface area contributed by atoms with E-state index in [9.17, 15) is 23.2 Å². The van der Waals surface area contributed by atoms with Gasteiger partial charge in [-0.05, 0) is 36.2 Å². The van der Waals surface area contributed by atoms with Crippen molar-refractivity contribution in [3.8, 4) is 11.5 Å². The number of amides is 3. The van der Waals surface area contributed by atoms with E-state index in [0.29, 0.717) is 24.5 Å². The average molecular weight is 461 g/mol. The molecule has 3 amide bonds. The van der Waals surface area contributed by atoms with Crippen molar-refractivity contribution in [2.45, 2.75) is 12.8 Å². The van der Waals surface area contributed by atoms with Gasteiger partial charge in [-0.25, -0.2) is 8.78 Å². The Hall–Kier alpha value is -3.69. The highest BCUT2D eigenvalue weighted by atomic mass is 19.2. The Bertz CT molecular complexity index is 1050. The van der Waals surface area contributed by atoms with Crippen molar-refractivity contribution in [1.29, 1.82) is 0 Å². The molecule has 2 N–H and O–H groups in total. The van der Waals surface area contributed by atoms with Gasteiger partial charge in [-0.2, -0.15) is 0 Å². The maximum atomic E-state index is 13.2. The number of methoxy groups -OCH3 is 2. The molecule has 0 radical (unpaired) electrons. The molecule has 1 saturated heterocycles. The first-order valence-electron chi connectivity index (χ1n) is 10.3. The number of halogens is 2. The maximum Gasteiger partial charge on any atom is 0.243 e. The quantitative estimate of drug-likeness (QED) is 0.597. The van der Waals surface area contributed by atoms with Gasteiger partial charge in [0.25, 0.3) is 0 Å². The first kappa shape index (κ1) is 24.0. The van der Waals surface area contributed by atoms with E-state index in [1.807, 2.05) is 12.1 Å². The topological polar surface area (TPSA) is 97.0 Å². The molecule has 1 fully saturated rings. The van der Waals surface area contributed by atoms with Gasteiger partial charge in [0.05, 0.1) is 26.7 Å². The van der Waals surface area contributed by atoms with Crippen molar-refractivity contribution in [1.82, 2.24) is 10.2 Å². The maximum absolute atomic E-state index is 13.2. The Labute approximate surface area is 189 Å².